The van der Waals surface area contributed by atoms with Gasteiger partial charge in [0, 0.05) is 5.54 Å². The summed E-state index contributed by atoms with van der Waals surface area (Å²) in [5.74, 6) is 0. The summed E-state index contributed by atoms with van der Waals surface area (Å²) in [4.78, 5) is 0. The fourth-order valence-electron chi connectivity index (χ4n) is 1.91. The van der Waals surface area contributed by atoms with Crippen LogP contribution in [0.2, 0.25) is 10.0 Å². The van der Waals surface area contributed by atoms with E-state index >= 15 is 0 Å². The summed E-state index contributed by atoms with van der Waals surface area (Å²) < 4.78 is 0. The second-order valence-corrected chi connectivity index (χ2v) is 7.20. The molecule has 0 radical (unpaired) electrons. The second-order valence-electron chi connectivity index (χ2n) is 6.41. The monoisotopic (exact) mass is 287 g/mol. The largest absolute Gasteiger partial charge is 0.312 e. The number of halogens is 2. The minimum Gasteiger partial charge on any atom is -0.312 e. The highest BCUT2D eigenvalue weighted by Crippen LogP contribution is 2.36. The predicted octanol–water partition coefficient (Wildman–Crippen LogP) is 5.05. The Labute approximate surface area is 121 Å². The molecular formula is C15H23Cl2N. The molecule has 0 spiro atoms. The zero-order valence-corrected chi connectivity index (χ0v) is 13.4. The molecule has 102 valence electrons. The van der Waals surface area contributed by atoms with Gasteiger partial charge >= 0.3 is 0 Å². The predicted molar refractivity (Wildman–Crippen MR) is 81.9 cm³/mol. The van der Waals surface area contributed by atoms with Crippen molar-refractivity contribution < 1.29 is 0 Å². The lowest BCUT2D eigenvalue weighted by molar-refractivity contribution is 0.379. The van der Waals surface area contributed by atoms with Gasteiger partial charge in [0.05, 0.1) is 10.0 Å². The molecule has 0 aliphatic rings. The minimum absolute atomic E-state index is 0.0141. The quantitative estimate of drug-likeness (QED) is 0.817. The van der Waals surface area contributed by atoms with E-state index in [1.807, 2.05) is 12.1 Å². The van der Waals surface area contributed by atoms with Crippen molar-refractivity contribution in [2.24, 2.45) is 0 Å². The van der Waals surface area contributed by atoms with Crippen LogP contribution in [0, 0.1) is 0 Å². The first-order valence-electron chi connectivity index (χ1n) is 6.33. The molecule has 18 heavy (non-hydrogen) atoms. The number of nitrogens with one attached hydrogen (secondary N) is 1. The average Bonchev–Trinajstić information content (AvgIpc) is 2.19. The highest BCUT2D eigenvalue weighted by molar-refractivity contribution is 6.42. The molecule has 0 saturated carbocycles. The van der Waals surface area contributed by atoms with E-state index in [1.54, 1.807) is 0 Å². The van der Waals surface area contributed by atoms with Gasteiger partial charge in [-0.3, -0.25) is 0 Å². The van der Waals surface area contributed by atoms with E-state index in [0.717, 1.165) is 18.5 Å². The third-order valence-corrected chi connectivity index (χ3v) is 3.90. The lowest BCUT2D eigenvalue weighted by Gasteiger charge is -2.29. The summed E-state index contributed by atoms with van der Waals surface area (Å²) >= 11 is 12.4. The standard InChI is InChI=1S/C15H23Cl2N/c1-14(2,3)18-10-9-15(4,5)11-7-6-8-12(16)13(11)17/h6-8,18H,9-10H2,1-5H3. The molecule has 0 aliphatic heterocycles. The fourth-order valence-corrected chi connectivity index (χ4v) is 2.47. The SMILES string of the molecule is CC(C)(C)NCCC(C)(C)c1cccc(Cl)c1Cl. The molecule has 0 aliphatic carbocycles. The van der Waals surface area contributed by atoms with Crippen LogP contribution in [0.3, 0.4) is 0 Å². The maximum Gasteiger partial charge on any atom is 0.0629 e. The van der Waals surface area contributed by atoms with E-state index in [1.165, 1.54) is 0 Å². The molecule has 1 rings (SSSR count). The van der Waals surface area contributed by atoms with Gasteiger partial charge in [0.2, 0.25) is 0 Å². The molecule has 0 saturated heterocycles. The number of rotatable bonds is 4. The Morgan fingerprint density at radius 3 is 2.22 bits per heavy atom. The van der Waals surface area contributed by atoms with Gasteiger partial charge in [0.15, 0.2) is 0 Å². The number of hydrogen-bond acceptors (Lipinski definition) is 1. The van der Waals surface area contributed by atoms with Crippen LogP contribution in [0.4, 0.5) is 0 Å². The lowest BCUT2D eigenvalue weighted by Crippen LogP contribution is -2.38. The van der Waals surface area contributed by atoms with Gasteiger partial charge in [-0.15, -0.1) is 0 Å². The third kappa shape index (κ3) is 4.46. The van der Waals surface area contributed by atoms with Gasteiger partial charge < -0.3 is 5.32 Å². The van der Waals surface area contributed by atoms with Crippen molar-refractivity contribution in [1.82, 2.24) is 5.32 Å². The Kier molecular flexibility index (Phi) is 5.11. The van der Waals surface area contributed by atoms with E-state index in [2.05, 4.69) is 46.0 Å². The minimum atomic E-state index is 0.0141. The number of benzene rings is 1. The highest BCUT2D eigenvalue weighted by Gasteiger charge is 2.24. The van der Waals surface area contributed by atoms with E-state index in [-0.39, 0.29) is 11.0 Å². The normalized spacial score (nSPS) is 12.8. The van der Waals surface area contributed by atoms with Crippen LogP contribution >= 0.6 is 23.2 Å². The van der Waals surface area contributed by atoms with Crippen molar-refractivity contribution in [3.05, 3.63) is 33.8 Å². The van der Waals surface area contributed by atoms with Crippen molar-refractivity contribution in [2.45, 2.75) is 52.0 Å². The average molecular weight is 288 g/mol. The van der Waals surface area contributed by atoms with Gasteiger partial charge in [-0.25, -0.2) is 0 Å². The highest BCUT2D eigenvalue weighted by atomic mass is 35.5. The van der Waals surface area contributed by atoms with Crippen LogP contribution in [0.25, 0.3) is 0 Å². The molecule has 0 heterocycles. The van der Waals surface area contributed by atoms with Gasteiger partial charge in [-0.2, -0.15) is 0 Å². The molecule has 3 heteroatoms. The maximum atomic E-state index is 6.29. The topological polar surface area (TPSA) is 12.0 Å². The van der Waals surface area contributed by atoms with Crippen molar-refractivity contribution in [3.63, 3.8) is 0 Å². The summed E-state index contributed by atoms with van der Waals surface area (Å²) in [5.41, 5.74) is 1.28. The molecule has 0 amide bonds. The summed E-state index contributed by atoms with van der Waals surface area (Å²) in [6.45, 7) is 11.9. The Morgan fingerprint density at radius 1 is 1.06 bits per heavy atom. The second kappa shape index (κ2) is 5.81. The molecule has 1 nitrogen and oxygen atoms in total. The maximum absolute atomic E-state index is 6.29. The molecular weight excluding hydrogens is 265 g/mol. The Bertz CT molecular complexity index is 405. The van der Waals surface area contributed by atoms with Gasteiger partial charge in [-0.1, -0.05) is 49.2 Å². The van der Waals surface area contributed by atoms with Crippen molar-refractivity contribution in [2.75, 3.05) is 6.54 Å². The molecule has 0 unspecified atom stereocenters. The fraction of sp³-hybridized carbons (Fsp3) is 0.600. The summed E-state index contributed by atoms with van der Waals surface area (Å²) in [6.07, 6.45) is 1.02. The third-order valence-electron chi connectivity index (χ3n) is 3.09. The zero-order valence-electron chi connectivity index (χ0n) is 11.9. The summed E-state index contributed by atoms with van der Waals surface area (Å²) in [7, 11) is 0. The van der Waals surface area contributed by atoms with E-state index in [9.17, 15) is 0 Å². The molecule has 1 aromatic rings. The first-order valence-corrected chi connectivity index (χ1v) is 7.09. The Hall–Kier alpha value is -0.240. The van der Waals surface area contributed by atoms with Crippen LogP contribution in [0.15, 0.2) is 18.2 Å². The van der Waals surface area contributed by atoms with Crippen molar-refractivity contribution in [3.8, 4) is 0 Å². The molecule has 0 aromatic heterocycles. The van der Waals surface area contributed by atoms with E-state index in [4.69, 9.17) is 23.2 Å². The van der Waals surface area contributed by atoms with Gasteiger partial charge in [0.25, 0.3) is 0 Å². The molecule has 1 N–H and O–H groups in total. The molecule has 0 bridgehead atoms. The molecule has 1 aromatic carbocycles. The van der Waals surface area contributed by atoms with E-state index < -0.39 is 0 Å². The smallest absolute Gasteiger partial charge is 0.0629 e. The lowest BCUT2D eigenvalue weighted by atomic mass is 9.81. The zero-order chi connectivity index (χ0) is 14.0. The van der Waals surface area contributed by atoms with Crippen LogP contribution in [0.5, 0.6) is 0 Å². The Morgan fingerprint density at radius 2 is 1.67 bits per heavy atom. The van der Waals surface area contributed by atoms with Crippen LogP contribution < -0.4 is 5.32 Å². The van der Waals surface area contributed by atoms with Crippen LogP contribution in [-0.4, -0.2) is 12.1 Å². The summed E-state index contributed by atoms with van der Waals surface area (Å²) in [6, 6.07) is 5.85. The van der Waals surface area contributed by atoms with Gasteiger partial charge in [0.1, 0.15) is 0 Å². The molecule has 0 fully saturated rings. The molecule has 0 atom stereocenters. The summed E-state index contributed by atoms with van der Waals surface area (Å²) in [5, 5.41) is 4.82. The first kappa shape index (κ1) is 15.8. The Balaban J connectivity index is 2.77. The van der Waals surface area contributed by atoms with Crippen molar-refractivity contribution in [1.29, 1.82) is 0 Å². The van der Waals surface area contributed by atoms with Crippen LogP contribution in [0.1, 0.15) is 46.6 Å². The van der Waals surface area contributed by atoms with Gasteiger partial charge in [-0.05, 0) is 50.8 Å². The van der Waals surface area contributed by atoms with Crippen molar-refractivity contribution >= 4 is 23.2 Å². The van der Waals surface area contributed by atoms with Crippen LogP contribution in [-0.2, 0) is 5.41 Å². The number of hydrogen-bond donors (Lipinski definition) is 1. The first-order chi connectivity index (χ1) is 8.13. The van der Waals surface area contributed by atoms with E-state index in [0.29, 0.717) is 10.0 Å².